The Morgan fingerprint density at radius 1 is 1.14 bits per heavy atom. The van der Waals surface area contributed by atoms with Gasteiger partial charge in [0.05, 0.1) is 6.61 Å². The van der Waals surface area contributed by atoms with Crippen LogP contribution in [0, 0.1) is 0 Å². The van der Waals surface area contributed by atoms with Crippen LogP contribution in [0.3, 0.4) is 0 Å². The van der Waals surface area contributed by atoms with Crippen molar-refractivity contribution in [2.75, 3.05) is 13.7 Å². The first-order valence-corrected chi connectivity index (χ1v) is 7.81. The fraction of sp³-hybridized carbons (Fsp3) is 0.368. The van der Waals surface area contributed by atoms with Crippen molar-refractivity contribution in [3.63, 3.8) is 0 Å². The van der Waals surface area contributed by atoms with E-state index in [4.69, 9.17) is 4.74 Å². The number of benzene rings is 2. The fourth-order valence-corrected chi connectivity index (χ4v) is 3.17. The van der Waals surface area contributed by atoms with Gasteiger partial charge >= 0.3 is 0 Å². The topological polar surface area (TPSA) is 21.3 Å². The fourth-order valence-electron chi connectivity index (χ4n) is 3.17. The lowest BCUT2D eigenvalue weighted by atomic mass is 9.83. The summed E-state index contributed by atoms with van der Waals surface area (Å²) in [6, 6.07) is 17.2. The first kappa shape index (κ1) is 14.2. The molecule has 3 rings (SSSR count). The van der Waals surface area contributed by atoms with E-state index in [1.165, 1.54) is 36.0 Å². The minimum absolute atomic E-state index is 0.530. The van der Waals surface area contributed by atoms with Gasteiger partial charge in [-0.15, -0.1) is 0 Å². The second kappa shape index (κ2) is 6.77. The molecule has 0 saturated heterocycles. The van der Waals surface area contributed by atoms with Gasteiger partial charge in [0.15, 0.2) is 0 Å². The summed E-state index contributed by atoms with van der Waals surface area (Å²) in [5.41, 5.74) is 4.25. The van der Waals surface area contributed by atoms with Gasteiger partial charge in [0.25, 0.3) is 0 Å². The zero-order chi connectivity index (χ0) is 14.5. The van der Waals surface area contributed by atoms with Crippen LogP contribution in [0.4, 0.5) is 0 Å². The first-order chi connectivity index (χ1) is 10.4. The Hall–Kier alpha value is -1.80. The molecule has 1 N–H and O–H groups in total. The van der Waals surface area contributed by atoms with Gasteiger partial charge in [0.2, 0.25) is 0 Å². The molecule has 0 amide bonds. The summed E-state index contributed by atoms with van der Waals surface area (Å²) in [6.45, 7) is 1.66. The molecule has 1 atom stereocenters. The summed E-state index contributed by atoms with van der Waals surface area (Å²) in [6.07, 6.45) is 3.71. The van der Waals surface area contributed by atoms with Crippen molar-refractivity contribution in [2.24, 2.45) is 0 Å². The molecule has 1 aliphatic carbocycles. The van der Waals surface area contributed by atoms with E-state index < -0.39 is 0 Å². The maximum atomic E-state index is 6.06. The summed E-state index contributed by atoms with van der Waals surface area (Å²) >= 11 is 0. The maximum Gasteiger partial charge on any atom is 0.119 e. The highest BCUT2D eigenvalue weighted by atomic mass is 16.5. The van der Waals surface area contributed by atoms with Crippen LogP contribution < -0.4 is 10.1 Å². The molecule has 0 fully saturated rings. The van der Waals surface area contributed by atoms with Crippen LogP contribution in [0.2, 0.25) is 0 Å². The maximum absolute atomic E-state index is 6.06. The molecule has 0 saturated carbocycles. The zero-order valence-electron chi connectivity index (χ0n) is 12.6. The van der Waals surface area contributed by atoms with E-state index in [2.05, 4.69) is 47.8 Å². The molecule has 2 aromatic rings. The van der Waals surface area contributed by atoms with Crippen LogP contribution in [-0.2, 0) is 13.0 Å². The van der Waals surface area contributed by atoms with Crippen molar-refractivity contribution in [3.05, 3.63) is 65.2 Å². The summed E-state index contributed by atoms with van der Waals surface area (Å²) in [7, 11) is 1.96. The third-order valence-electron chi connectivity index (χ3n) is 4.22. The standard InChI is InChI=1S/C19H23NO/c1-20-13-15-6-4-10-18(12-15)21-14-17-9-5-8-16-7-2-3-11-19(16)17/h2-4,6-7,10-12,17,20H,5,8-9,13-14H2,1H3. The lowest BCUT2D eigenvalue weighted by molar-refractivity contribution is 0.274. The molecule has 2 aromatic carbocycles. The van der Waals surface area contributed by atoms with Gasteiger partial charge < -0.3 is 10.1 Å². The van der Waals surface area contributed by atoms with Crippen molar-refractivity contribution in [1.82, 2.24) is 5.32 Å². The molecule has 0 radical (unpaired) electrons. The Labute approximate surface area is 127 Å². The quantitative estimate of drug-likeness (QED) is 0.897. The largest absolute Gasteiger partial charge is 0.493 e. The van der Waals surface area contributed by atoms with E-state index >= 15 is 0 Å². The van der Waals surface area contributed by atoms with Gasteiger partial charge in [-0.3, -0.25) is 0 Å². The van der Waals surface area contributed by atoms with E-state index in [9.17, 15) is 0 Å². The van der Waals surface area contributed by atoms with Crippen LogP contribution >= 0.6 is 0 Å². The number of rotatable bonds is 5. The van der Waals surface area contributed by atoms with E-state index in [1.54, 1.807) is 0 Å². The molecule has 2 heteroatoms. The predicted molar refractivity (Wildman–Crippen MR) is 86.8 cm³/mol. The van der Waals surface area contributed by atoms with E-state index in [1.807, 2.05) is 13.1 Å². The highest BCUT2D eigenvalue weighted by Gasteiger charge is 2.20. The smallest absolute Gasteiger partial charge is 0.119 e. The minimum Gasteiger partial charge on any atom is -0.493 e. The second-order valence-electron chi connectivity index (χ2n) is 5.78. The highest BCUT2D eigenvalue weighted by molar-refractivity contribution is 5.33. The molecule has 0 spiro atoms. The molecule has 21 heavy (non-hydrogen) atoms. The van der Waals surface area contributed by atoms with E-state index in [0.29, 0.717) is 5.92 Å². The van der Waals surface area contributed by atoms with E-state index in [0.717, 1.165) is 18.9 Å². The van der Waals surface area contributed by atoms with Crippen LogP contribution in [0.5, 0.6) is 5.75 Å². The molecule has 0 aliphatic heterocycles. The number of hydrogen-bond donors (Lipinski definition) is 1. The minimum atomic E-state index is 0.530. The average Bonchev–Trinajstić information content (AvgIpc) is 2.53. The Kier molecular flexibility index (Phi) is 4.56. The molecule has 110 valence electrons. The summed E-state index contributed by atoms with van der Waals surface area (Å²) in [4.78, 5) is 0. The van der Waals surface area contributed by atoms with Crippen LogP contribution in [0.15, 0.2) is 48.5 Å². The SMILES string of the molecule is CNCc1cccc(OCC2CCCc3ccccc32)c1. The van der Waals surface area contributed by atoms with Crippen molar-refractivity contribution in [3.8, 4) is 5.75 Å². The molecule has 2 nitrogen and oxygen atoms in total. The Morgan fingerprint density at radius 2 is 2.05 bits per heavy atom. The second-order valence-corrected chi connectivity index (χ2v) is 5.78. The van der Waals surface area contributed by atoms with Crippen molar-refractivity contribution < 1.29 is 4.74 Å². The van der Waals surface area contributed by atoms with Crippen LogP contribution in [0.25, 0.3) is 0 Å². The monoisotopic (exact) mass is 281 g/mol. The van der Waals surface area contributed by atoms with Crippen molar-refractivity contribution >= 4 is 0 Å². The van der Waals surface area contributed by atoms with Crippen LogP contribution in [-0.4, -0.2) is 13.7 Å². The number of fused-ring (bicyclic) bond motifs is 1. The third-order valence-corrected chi connectivity index (χ3v) is 4.22. The molecular weight excluding hydrogens is 258 g/mol. The van der Waals surface area contributed by atoms with Gasteiger partial charge in [-0.2, -0.15) is 0 Å². The first-order valence-electron chi connectivity index (χ1n) is 7.81. The van der Waals surface area contributed by atoms with Gasteiger partial charge in [0.1, 0.15) is 5.75 Å². The molecular formula is C19H23NO. The number of hydrogen-bond acceptors (Lipinski definition) is 2. The Morgan fingerprint density at radius 3 is 2.95 bits per heavy atom. The normalized spacial score (nSPS) is 17.3. The lowest BCUT2D eigenvalue weighted by Gasteiger charge is -2.25. The molecule has 0 bridgehead atoms. The van der Waals surface area contributed by atoms with Gasteiger partial charge in [-0.1, -0.05) is 36.4 Å². The summed E-state index contributed by atoms with van der Waals surface area (Å²) < 4.78 is 6.06. The van der Waals surface area contributed by atoms with E-state index in [-0.39, 0.29) is 0 Å². The predicted octanol–water partition coefficient (Wildman–Crippen LogP) is 3.90. The summed E-state index contributed by atoms with van der Waals surface area (Å²) in [5, 5.41) is 3.17. The van der Waals surface area contributed by atoms with Crippen molar-refractivity contribution in [1.29, 1.82) is 0 Å². The Balaban J connectivity index is 1.67. The Bertz CT molecular complexity index is 594. The van der Waals surface area contributed by atoms with Crippen molar-refractivity contribution in [2.45, 2.75) is 31.7 Å². The zero-order valence-corrected chi connectivity index (χ0v) is 12.6. The number of ether oxygens (including phenoxy) is 1. The molecule has 0 heterocycles. The van der Waals surface area contributed by atoms with Gasteiger partial charge in [-0.05, 0) is 55.1 Å². The lowest BCUT2D eigenvalue weighted by Crippen LogP contribution is -2.16. The van der Waals surface area contributed by atoms with Gasteiger partial charge in [-0.25, -0.2) is 0 Å². The molecule has 1 aliphatic rings. The number of nitrogens with one attached hydrogen (secondary N) is 1. The van der Waals surface area contributed by atoms with Gasteiger partial charge in [0, 0.05) is 12.5 Å². The number of aryl methyl sites for hydroxylation is 1. The average molecular weight is 281 g/mol. The van der Waals surface area contributed by atoms with Crippen LogP contribution in [0.1, 0.15) is 35.4 Å². The molecule has 1 unspecified atom stereocenters. The summed E-state index contributed by atoms with van der Waals surface area (Å²) in [5.74, 6) is 1.51. The third kappa shape index (κ3) is 3.45. The molecule has 0 aromatic heterocycles. The highest BCUT2D eigenvalue weighted by Crippen LogP contribution is 2.32.